The fraction of sp³-hybridized carbons (Fsp3) is 0.476. The van der Waals surface area contributed by atoms with Gasteiger partial charge in [-0.15, -0.1) is 0 Å². The van der Waals surface area contributed by atoms with Gasteiger partial charge in [0.05, 0.1) is 25.6 Å². The van der Waals surface area contributed by atoms with Crippen molar-refractivity contribution in [3.63, 3.8) is 0 Å². The van der Waals surface area contributed by atoms with Crippen molar-refractivity contribution in [3.05, 3.63) is 35.6 Å². The molecule has 11 heteroatoms. The highest BCUT2D eigenvalue weighted by atomic mass is 19.1. The van der Waals surface area contributed by atoms with Crippen LogP contribution in [0.5, 0.6) is 0 Å². The van der Waals surface area contributed by atoms with E-state index in [4.69, 9.17) is 15.2 Å². The molecule has 0 spiro atoms. The average Bonchev–Trinajstić information content (AvgIpc) is 2.71. The van der Waals surface area contributed by atoms with Crippen molar-refractivity contribution in [1.29, 1.82) is 0 Å². The second-order valence-corrected chi connectivity index (χ2v) is 6.80. The molecule has 32 heavy (non-hydrogen) atoms. The zero-order valence-electron chi connectivity index (χ0n) is 18.2. The molecule has 0 saturated heterocycles. The second kappa shape index (κ2) is 13.0. The van der Waals surface area contributed by atoms with E-state index < -0.39 is 59.9 Å². The lowest BCUT2D eigenvalue weighted by molar-refractivity contribution is -0.157. The highest BCUT2D eigenvalue weighted by Gasteiger charge is 2.38. The zero-order valence-corrected chi connectivity index (χ0v) is 18.2. The topological polar surface area (TPSA) is 154 Å². The van der Waals surface area contributed by atoms with Gasteiger partial charge in [0.2, 0.25) is 17.7 Å². The molecule has 3 amide bonds. The van der Waals surface area contributed by atoms with Crippen LogP contribution in [0.4, 0.5) is 4.39 Å². The monoisotopic (exact) mass is 453 g/mol. The number of nitrogens with one attached hydrogen (secondary N) is 2. The summed E-state index contributed by atoms with van der Waals surface area (Å²) in [6, 6.07) is 2.74. The Hall–Kier alpha value is -3.50. The van der Waals surface area contributed by atoms with Crippen LogP contribution < -0.4 is 16.4 Å². The summed E-state index contributed by atoms with van der Waals surface area (Å²) in [6.45, 7) is 4.24. The fourth-order valence-electron chi connectivity index (χ4n) is 2.95. The molecule has 3 atom stereocenters. The van der Waals surface area contributed by atoms with Crippen LogP contribution in [-0.4, -0.2) is 55.0 Å². The Bertz CT molecular complexity index is 846. The van der Waals surface area contributed by atoms with Gasteiger partial charge in [0.1, 0.15) is 17.9 Å². The number of amides is 3. The van der Waals surface area contributed by atoms with Crippen LogP contribution >= 0.6 is 0 Å². The van der Waals surface area contributed by atoms with E-state index in [1.807, 2.05) is 0 Å². The maximum absolute atomic E-state index is 14.0. The van der Waals surface area contributed by atoms with E-state index in [9.17, 15) is 28.4 Å². The number of carbonyl (C=O) groups is 5. The lowest BCUT2D eigenvalue weighted by Crippen LogP contribution is -2.57. The lowest BCUT2D eigenvalue weighted by atomic mass is 9.94. The Labute approximate surface area is 185 Å². The largest absolute Gasteiger partial charge is 0.466 e. The highest BCUT2D eigenvalue weighted by Crippen LogP contribution is 2.15. The third-order valence-electron chi connectivity index (χ3n) is 4.36. The first-order valence-electron chi connectivity index (χ1n) is 10.0. The number of esters is 2. The highest BCUT2D eigenvalue weighted by molar-refractivity contribution is 5.95. The molecular weight excluding hydrogens is 425 g/mol. The van der Waals surface area contributed by atoms with Gasteiger partial charge in [-0.05, 0) is 25.5 Å². The Morgan fingerprint density at radius 1 is 1.03 bits per heavy atom. The summed E-state index contributed by atoms with van der Waals surface area (Å²) in [4.78, 5) is 60.9. The van der Waals surface area contributed by atoms with E-state index in [1.165, 1.54) is 25.1 Å². The summed E-state index contributed by atoms with van der Waals surface area (Å²) >= 11 is 0. The number of rotatable bonds is 12. The predicted octanol–water partition coefficient (Wildman–Crippen LogP) is -0.0245. The summed E-state index contributed by atoms with van der Waals surface area (Å²) in [7, 11) is 0. The molecule has 0 heterocycles. The minimum Gasteiger partial charge on any atom is -0.466 e. The molecule has 0 aromatic heterocycles. The first kappa shape index (κ1) is 26.5. The van der Waals surface area contributed by atoms with Crippen LogP contribution in [0.1, 0.15) is 32.8 Å². The first-order valence-corrected chi connectivity index (χ1v) is 10.0. The Balaban J connectivity index is 3.16. The molecule has 0 aliphatic heterocycles. The number of hydrogen-bond acceptors (Lipinski definition) is 7. The molecule has 0 bridgehead atoms. The van der Waals surface area contributed by atoms with Crippen molar-refractivity contribution in [1.82, 2.24) is 10.6 Å². The molecule has 4 N–H and O–H groups in total. The van der Waals surface area contributed by atoms with Gasteiger partial charge < -0.3 is 25.8 Å². The summed E-state index contributed by atoms with van der Waals surface area (Å²) in [5.41, 5.74) is 5.53. The predicted molar refractivity (Wildman–Crippen MR) is 110 cm³/mol. The maximum atomic E-state index is 14.0. The Kier molecular flexibility index (Phi) is 10.8. The minimum atomic E-state index is -1.64. The number of nitrogens with two attached hydrogens (primary N) is 1. The van der Waals surface area contributed by atoms with Gasteiger partial charge in [0.25, 0.3) is 0 Å². The van der Waals surface area contributed by atoms with Crippen LogP contribution in [0.3, 0.4) is 0 Å². The van der Waals surface area contributed by atoms with E-state index in [-0.39, 0.29) is 25.2 Å². The molecule has 0 aliphatic carbocycles. The van der Waals surface area contributed by atoms with Crippen LogP contribution in [0.2, 0.25) is 0 Å². The molecule has 0 radical (unpaired) electrons. The molecular formula is C21H28FN3O7. The van der Waals surface area contributed by atoms with Crippen molar-refractivity contribution in [2.45, 2.75) is 45.7 Å². The molecule has 10 nitrogen and oxygen atoms in total. The van der Waals surface area contributed by atoms with Crippen LogP contribution in [0.25, 0.3) is 0 Å². The van der Waals surface area contributed by atoms with Crippen LogP contribution in [0, 0.1) is 11.7 Å². The number of primary amides is 1. The minimum absolute atomic E-state index is 0.0369. The van der Waals surface area contributed by atoms with Crippen molar-refractivity contribution in [2.75, 3.05) is 13.2 Å². The van der Waals surface area contributed by atoms with Gasteiger partial charge in [0, 0.05) is 13.3 Å². The van der Waals surface area contributed by atoms with Gasteiger partial charge in [-0.2, -0.15) is 0 Å². The SMILES string of the molecule is CCOC(=O)C[C@H](C(=O)OCC)[C@@H](NC(=O)[C@@H](Cc1ccccc1F)NC(C)=O)C(N)=O. The normalized spacial score (nSPS) is 13.2. The van der Waals surface area contributed by atoms with Crippen molar-refractivity contribution in [2.24, 2.45) is 11.7 Å². The summed E-state index contributed by atoms with van der Waals surface area (Å²) in [5, 5.41) is 4.67. The van der Waals surface area contributed by atoms with E-state index >= 15 is 0 Å². The number of halogens is 1. The quantitative estimate of drug-likeness (QED) is 0.376. The maximum Gasteiger partial charge on any atom is 0.312 e. The number of ether oxygens (including phenoxy) is 2. The van der Waals surface area contributed by atoms with Gasteiger partial charge in [-0.3, -0.25) is 24.0 Å². The summed E-state index contributed by atoms with van der Waals surface area (Å²) in [6.07, 6.45) is -0.801. The van der Waals surface area contributed by atoms with E-state index in [1.54, 1.807) is 13.0 Å². The standard InChI is InChI=1S/C21H28FN3O7/c1-4-31-17(27)11-14(21(30)32-5-2)18(19(23)28)25-20(29)16(24-12(3)26)10-13-8-6-7-9-15(13)22/h6-9,14,16,18H,4-5,10-11H2,1-3H3,(H2,23,28)(H,24,26)(H,25,29)/t14-,16+,18+/m0/s1. The number of benzene rings is 1. The van der Waals surface area contributed by atoms with E-state index in [2.05, 4.69) is 10.6 Å². The third kappa shape index (κ3) is 8.32. The lowest BCUT2D eigenvalue weighted by Gasteiger charge is -2.26. The average molecular weight is 453 g/mol. The van der Waals surface area contributed by atoms with E-state index in [0.717, 1.165) is 6.92 Å². The zero-order chi connectivity index (χ0) is 24.3. The summed E-state index contributed by atoms with van der Waals surface area (Å²) in [5.74, 6) is -6.36. The fourth-order valence-corrected chi connectivity index (χ4v) is 2.95. The van der Waals surface area contributed by atoms with Gasteiger partial charge in [0.15, 0.2) is 0 Å². The van der Waals surface area contributed by atoms with Crippen molar-refractivity contribution in [3.8, 4) is 0 Å². The smallest absolute Gasteiger partial charge is 0.312 e. The van der Waals surface area contributed by atoms with Crippen LogP contribution in [0.15, 0.2) is 24.3 Å². The van der Waals surface area contributed by atoms with Gasteiger partial charge in [-0.25, -0.2) is 4.39 Å². The van der Waals surface area contributed by atoms with E-state index in [0.29, 0.717) is 0 Å². The molecule has 1 aromatic rings. The first-order chi connectivity index (χ1) is 15.1. The molecule has 1 aromatic carbocycles. The van der Waals surface area contributed by atoms with Gasteiger partial charge >= 0.3 is 11.9 Å². The molecule has 0 fully saturated rings. The molecule has 0 unspecified atom stereocenters. The van der Waals surface area contributed by atoms with Crippen LogP contribution in [-0.2, 0) is 39.9 Å². The van der Waals surface area contributed by atoms with Gasteiger partial charge in [-0.1, -0.05) is 18.2 Å². The summed E-state index contributed by atoms with van der Waals surface area (Å²) < 4.78 is 23.8. The van der Waals surface area contributed by atoms with Crippen molar-refractivity contribution >= 4 is 29.7 Å². The molecule has 176 valence electrons. The Morgan fingerprint density at radius 2 is 1.66 bits per heavy atom. The number of carbonyl (C=O) groups excluding carboxylic acids is 5. The third-order valence-corrected chi connectivity index (χ3v) is 4.36. The molecule has 0 aliphatic rings. The Morgan fingerprint density at radius 3 is 2.19 bits per heavy atom. The second-order valence-electron chi connectivity index (χ2n) is 6.80. The molecule has 1 rings (SSSR count). The number of hydrogen-bond donors (Lipinski definition) is 3. The van der Waals surface area contributed by atoms with Crippen molar-refractivity contribution < 1.29 is 37.8 Å². The molecule has 0 saturated carbocycles.